The van der Waals surface area contributed by atoms with Crippen LogP contribution < -0.4 is 16.4 Å². The van der Waals surface area contributed by atoms with Crippen molar-refractivity contribution in [3.05, 3.63) is 0 Å². The number of rotatable bonds is 7. The molecule has 4 unspecified atom stereocenters. The Balaban J connectivity index is 1.84. The summed E-state index contributed by atoms with van der Waals surface area (Å²) in [6.45, 7) is -0.126. The summed E-state index contributed by atoms with van der Waals surface area (Å²) >= 11 is 6.25. The molecule has 2 aliphatic rings. The van der Waals surface area contributed by atoms with E-state index in [1.807, 2.05) is 0 Å². The van der Waals surface area contributed by atoms with Crippen LogP contribution in [0.5, 0.6) is 0 Å². The van der Waals surface area contributed by atoms with Crippen molar-refractivity contribution < 1.29 is 19.1 Å². The topological polar surface area (TPSA) is 111 Å². The van der Waals surface area contributed by atoms with E-state index in [-0.39, 0.29) is 60.0 Å². The number of carbonyl (C=O) groups excluding carboxylic acids is 3. The van der Waals surface area contributed by atoms with Crippen molar-refractivity contribution in [3.8, 4) is 0 Å². The van der Waals surface area contributed by atoms with Gasteiger partial charge in [-0.3, -0.25) is 14.4 Å². The summed E-state index contributed by atoms with van der Waals surface area (Å²) in [4.78, 5) is 36.4. The zero-order chi connectivity index (χ0) is 19.8. The number of esters is 1. The molecule has 2 saturated carbocycles. The molecule has 0 aliphatic heterocycles. The quantitative estimate of drug-likeness (QED) is 0.442. The van der Waals surface area contributed by atoms with Gasteiger partial charge in [0.1, 0.15) is 0 Å². The smallest absolute Gasteiger partial charge is 0.307 e. The lowest BCUT2D eigenvalue weighted by molar-refractivity contribution is -0.142. The molecule has 0 aromatic heterocycles. The Bertz CT molecular complexity index is 525. The molecule has 2 aliphatic carbocycles. The van der Waals surface area contributed by atoms with Crippen LogP contribution in [0.2, 0.25) is 0 Å². The van der Waals surface area contributed by atoms with Crippen LogP contribution in [-0.4, -0.2) is 48.9 Å². The second kappa shape index (κ2) is 10.9. The molecule has 7 nitrogen and oxygen atoms in total. The van der Waals surface area contributed by atoms with Crippen LogP contribution in [0.3, 0.4) is 0 Å². The van der Waals surface area contributed by atoms with Crippen LogP contribution in [0.25, 0.3) is 0 Å². The number of hydrogen-bond acceptors (Lipinski definition) is 5. The number of alkyl halides is 1. The number of carbonyl (C=O) groups is 3. The lowest BCUT2D eigenvalue weighted by Crippen LogP contribution is -2.49. The van der Waals surface area contributed by atoms with Gasteiger partial charge in [0.2, 0.25) is 11.8 Å². The van der Waals surface area contributed by atoms with Gasteiger partial charge in [-0.15, -0.1) is 11.6 Å². The van der Waals surface area contributed by atoms with E-state index in [1.54, 1.807) is 0 Å². The summed E-state index contributed by atoms with van der Waals surface area (Å²) in [5.41, 5.74) is 5.93. The van der Waals surface area contributed by atoms with E-state index in [0.717, 1.165) is 32.1 Å². The van der Waals surface area contributed by atoms with Crippen LogP contribution in [0, 0.1) is 11.8 Å². The van der Waals surface area contributed by atoms with Gasteiger partial charge in [0, 0.05) is 17.5 Å². The van der Waals surface area contributed by atoms with Crippen LogP contribution in [-0.2, 0) is 19.1 Å². The Hall–Kier alpha value is -1.34. The third-order valence-corrected chi connectivity index (χ3v) is 6.27. The predicted molar refractivity (Wildman–Crippen MR) is 103 cm³/mol. The summed E-state index contributed by atoms with van der Waals surface area (Å²) in [5.74, 6) is -0.971. The van der Waals surface area contributed by atoms with Crippen molar-refractivity contribution in [2.24, 2.45) is 17.6 Å². The molecule has 0 radical (unpaired) electrons. The number of methoxy groups -OCH3 is 1. The van der Waals surface area contributed by atoms with Crippen molar-refractivity contribution in [1.29, 1.82) is 0 Å². The minimum atomic E-state index is -0.368. The monoisotopic (exact) mass is 401 g/mol. The van der Waals surface area contributed by atoms with Gasteiger partial charge in [0.15, 0.2) is 0 Å². The standard InChI is InChI=1S/C19H32ClN3O4/c1-27-18(25)10-16(12-5-3-2-4-6-12)23-17(24)11-22-19(26)14-9-13(21)7-8-15(14)20/h12-16H,2-11,21H2,1H3,(H,22,26)(H,23,24). The average Bonchev–Trinajstić information content (AvgIpc) is 2.68. The molecular weight excluding hydrogens is 370 g/mol. The molecule has 0 bridgehead atoms. The van der Waals surface area contributed by atoms with E-state index in [2.05, 4.69) is 10.6 Å². The Morgan fingerprint density at radius 1 is 1.15 bits per heavy atom. The highest BCUT2D eigenvalue weighted by molar-refractivity contribution is 6.22. The third kappa shape index (κ3) is 6.96. The van der Waals surface area contributed by atoms with Crippen molar-refractivity contribution >= 4 is 29.4 Å². The Morgan fingerprint density at radius 2 is 1.85 bits per heavy atom. The molecule has 4 N–H and O–H groups in total. The maximum absolute atomic E-state index is 12.4. The van der Waals surface area contributed by atoms with Crippen molar-refractivity contribution in [1.82, 2.24) is 10.6 Å². The summed E-state index contributed by atoms with van der Waals surface area (Å²) in [5, 5.41) is 5.34. The number of nitrogens with one attached hydrogen (secondary N) is 2. The van der Waals surface area contributed by atoms with E-state index in [9.17, 15) is 14.4 Å². The summed E-state index contributed by atoms with van der Waals surface area (Å²) < 4.78 is 4.77. The zero-order valence-electron chi connectivity index (χ0n) is 16.0. The number of hydrogen-bond donors (Lipinski definition) is 3. The maximum atomic E-state index is 12.4. The molecule has 27 heavy (non-hydrogen) atoms. The fourth-order valence-corrected chi connectivity index (χ4v) is 4.47. The second-order valence-electron chi connectivity index (χ2n) is 7.77. The maximum Gasteiger partial charge on any atom is 0.307 e. The number of ether oxygens (including phenoxy) is 1. The summed E-state index contributed by atoms with van der Waals surface area (Å²) in [6.07, 6.45) is 7.59. The summed E-state index contributed by atoms with van der Waals surface area (Å²) in [7, 11) is 1.35. The van der Waals surface area contributed by atoms with E-state index in [1.165, 1.54) is 13.5 Å². The summed E-state index contributed by atoms with van der Waals surface area (Å²) in [6, 6.07) is -0.286. The van der Waals surface area contributed by atoms with Crippen LogP contribution in [0.1, 0.15) is 57.8 Å². The fourth-order valence-electron chi connectivity index (χ4n) is 4.13. The van der Waals surface area contributed by atoms with Crippen molar-refractivity contribution in [2.45, 2.75) is 75.2 Å². The van der Waals surface area contributed by atoms with E-state index >= 15 is 0 Å². The van der Waals surface area contributed by atoms with Gasteiger partial charge < -0.3 is 21.1 Å². The highest BCUT2D eigenvalue weighted by Crippen LogP contribution is 2.29. The first-order valence-electron chi connectivity index (χ1n) is 9.94. The average molecular weight is 402 g/mol. The van der Waals surface area contributed by atoms with Crippen LogP contribution in [0.4, 0.5) is 0 Å². The van der Waals surface area contributed by atoms with Gasteiger partial charge in [-0.1, -0.05) is 19.3 Å². The van der Waals surface area contributed by atoms with Gasteiger partial charge in [-0.2, -0.15) is 0 Å². The fraction of sp³-hybridized carbons (Fsp3) is 0.842. The van der Waals surface area contributed by atoms with Gasteiger partial charge in [-0.05, 0) is 38.0 Å². The molecular formula is C19H32ClN3O4. The molecule has 0 aromatic carbocycles. The Morgan fingerprint density at radius 3 is 2.52 bits per heavy atom. The highest BCUT2D eigenvalue weighted by atomic mass is 35.5. The molecule has 154 valence electrons. The van der Waals surface area contributed by atoms with E-state index in [0.29, 0.717) is 12.8 Å². The lowest BCUT2D eigenvalue weighted by Gasteiger charge is -2.31. The minimum Gasteiger partial charge on any atom is -0.469 e. The lowest BCUT2D eigenvalue weighted by atomic mass is 9.82. The van der Waals surface area contributed by atoms with Crippen LogP contribution >= 0.6 is 11.6 Å². The molecule has 2 rings (SSSR count). The largest absolute Gasteiger partial charge is 0.469 e. The molecule has 2 amide bonds. The third-order valence-electron chi connectivity index (χ3n) is 5.75. The molecule has 0 heterocycles. The normalized spacial score (nSPS) is 27.4. The predicted octanol–water partition coefficient (Wildman–Crippen LogP) is 1.47. The number of nitrogens with two attached hydrogens (primary N) is 1. The van der Waals surface area contributed by atoms with E-state index < -0.39 is 0 Å². The van der Waals surface area contributed by atoms with Crippen LogP contribution in [0.15, 0.2) is 0 Å². The number of halogens is 1. The molecule has 0 saturated heterocycles. The molecule has 4 atom stereocenters. The zero-order valence-corrected chi connectivity index (χ0v) is 16.8. The molecule has 2 fully saturated rings. The first kappa shape index (κ1) is 22.0. The van der Waals surface area contributed by atoms with Crippen molar-refractivity contribution in [2.75, 3.05) is 13.7 Å². The Labute approximate surface area is 166 Å². The minimum absolute atomic E-state index is 0.0275. The number of amides is 2. The van der Waals surface area contributed by atoms with Gasteiger partial charge in [0.05, 0.1) is 26.0 Å². The van der Waals surface area contributed by atoms with Crippen molar-refractivity contribution in [3.63, 3.8) is 0 Å². The van der Waals surface area contributed by atoms with E-state index in [4.69, 9.17) is 22.1 Å². The SMILES string of the molecule is COC(=O)CC(NC(=O)CNC(=O)C1CC(N)CCC1Cl)C1CCCCC1. The van der Waals surface area contributed by atoms with Gasteiger partial charge in [0.25, 0.3) is 0 Å². The molecule has 0 aromatic rings. The Kier molecular flexibility index (Phi) is 8.83. The second-order valence-corrected chi connectivity index (χ2v) is 8.33. The van der Waals surface area contributed by atoms with Gasteiger partial charge >= 0.3 is 5.97 Å². The molecule has 8 heteroatoms. The first-order valence-corrected chi connectivity index (χ1v) is 10.4. The molecule has 0 spiro atoms. The van der Waals surface area contributed by atoms with Gasteiger partial charge in [-0.25, -0.2) is 0 Å². The first-order chi connectivity index (χ1) is 12.9. The highest BCUT2D eigenvalue weighted by Gasteiger charge is 2.33.